The van der Waals surface area contributed by atoms with E-state index in [1.54, 1.807) is 0 Å². The molecule has 0 saturated heterocycles. The second-order valence-electron chi connectivity index (χ2n) is 4.57. The van der Waals surface area contributed by atoms with Crippen LogP contribution in [0.1, 0.15) is 23.1 Å². The number of rotatable bonds is 4. The molecule has 18 heavy (non-hydrogen) atoms. The Hall–Kier alpha value is -1.84. The zero-order valence-corrected chi connectivity index (χ0v) is 10.3. The van der Waals surface area contributed by atoms with Gasteiger partial charge in [0.25, 0.3) is 0 Å². The molecule has 0 fully saturated rings. The van der Waals surface area contributed by atoms with Crippen LogP contribution in [0.3, 0.4) is 0 Å². The molecular weight excluding hydrogens is 232 g/mol. The fraction of sp³-hybridized carbons (Fsp3) is 0.429. The SMILES string of the molecule is COC(=O)C(Cc1ccc2c(c1)CCC2)C(=O)O. The van der Waals surface area contributed by atoms with Crippen molar-refractivity contribution in [2.45, 2.75) is 25.7 Å². The van der Waals surface area contributed by atoms with E-state index in [1.165, 1.54) is 18.2 Å². The maximum absolute atomic E-state index is 11.4. The molecule has 4 nitrogen and oxygen atoms in total. The highest BCUT2D eigenvalue weighted by Gasteiger charge is 2.27. The monoisotopic (exact) mass is 248 g/mol. The molecule has 1 aliphatic rings. The molecule has 0 bridgehead atoms. The maximum Gasteiger partial charge on any atom is 0.320 e. The van der Waals surface area contributed by atoms with Gasteiger partial charge in [-0.2, -0.15) is 0 Å². The van der Waals surface area contributed by atoms with Crippen LogP contribution in [0, 0.1) is 5.92 Å². The third-order valence-electron chi connectivity index (χ3n) is 3.39. The van der Waals surface area contributed by atoms with Crippen molar-refractivity contribution in [3.8, 4) is 0 Å². The van der Waals surface area contributed by atoms with Gasteiger partial charge in [-0.05, 0) is 42.4 Å². The first kappa shape index (κ1) is 12.6. The van der Waals surface area contributed by atoms with E-state index >= 15 is 0 Å². The van der Waals surface area contributed by atoms with Gasteiger partial charge < -0.3 is 9.84 Å². The summed E-state index contributed by atoms with van der Waals surface area (Å²) in [6.07, 6.45) is 3.47. The number of aliphatic carboxylic acids is 1. The molecule has 1 aromatic rings. The van der Waals surface area contributed by atoms with Crippen molar-refractivity contribution in [1.29, 1.82) is 0 Å². The minimum Gasteiger partial charge on any atom is -0.481 e. The highest BCUT2D eigenvalue weighted by molar-refractivity contribution is 5.94. The largest absolute Gasteiger partial charge is 0.481 e. The number of carboxylic acid groups (broad SMARTS) is 1. The van der Waals surface area contributed by atoms with Crippen molar-refractivity contribution in [3.63, 3.8) is 0 Å². The standard InChI is InChI=1S/C14H16O4/c1-18-14(17)12(13(15)16)8-9-5-6-10-3-2-4-11(10)7-9/h5-7,12H,2-4,8H2,1H3,(H,15,16). The van der Waals surface area contributed by atoms with E-state index in [2.05, 4.69) is 4.74 Å². The summed E-state index contributed by atoms with van der Waals surface area (Å²) in [7, 11) is 1.21. The number of ether oxygens (including phenoxy) is 1. The molecule has 1 N–H and O–H groups in total. The van der Waals surface area contributed by atoms with Gasteiger partial charge in [-0.25, -0.2) is 0 Å². The number of benzene rings is 1. The fourth-order valence-corrected chi connectivity index (χ4v) is 2.40. The van der Waals surface area contributed by atoms with E-state index in [9.17, 15) is 9.59 Å². The van der Waals surface area contributed by atoms with Crippen molar-refractivity contribution in [3.05, 3.63) is 34.9 Å². The Morgan fingerprint density at radius 3 is 2.72 bits per heavy atom. The van der Waals surface area contributed by atoms with Gasteiger partial charge in [0.1, 0.15) is 0 Å². The van der Waals surface area contributed by atoms with Crippen molar-refractivity contribution < 1.29 is 19.4 Å². The van der Waals surface area contributed by atoms with Gasteiger partial charge in [-0.15, -0.1) is 0 Å². The van der Waals surface area contributed by atoms with Gasteiger partial charge in [0.15, 0.2) is 5.92 Å². The number of aryl methyl sites for hydroxylation is 2. The van der Waals surface area contributed by atoms with Gasteiger partial charge in [0.05, 0.1) is 7.11 Å². The molecule has 96 valence electrons. The Kier molecular flexibility index (Phi) is 3.65. The number of hydrogen-bond donors (Lipinski definition) is 1. The van der Waals surface area contributed by atoms with Gasteiger partial charge in [0, 0.05) is 0 Å². The molecule has 1 unspecified atom stereocenters. The number of carbonyl (C=O) groups is 2. The molecule has 1 aromatic carbocycles. The molecule has 0 heterocycles. The fourth-order valence-electron chi connectivity index (χ4n) is 2.40. The van der Waals surface area contributed by atoms with E-state index in [0.29, 0.717) is 0 Å². The molecule has 0 amide bonds. The quantitative estimate of drug-likeness (QED) is 0.649. The Balaban J connectivity index is 2.16. The topological polar surface area (TPSA) is 63.6 Å². The average Bonchev–Trinajstić information content (AvgIpc) is 2.82. The summed E-state index contributed by atoms with van der Waals surface area (Å²) in [5.41, 5.74) is 3.50. The summed E-state index contributed by atoms with van der Waals surface area (Å²) in [5, 5.41) is 9.03. The van der Waals surface area contributed by atoms with Gasteiger partial charge >= 0.3 is 11.9 Å². The summed E-state index contributed by atoms with van der Waals surface area (Å²) < 4.78 is 4.52. The van der Waals surface area contributed by atoms with Crippen molar-refractivity contribution in [2.24, 2.45) is 5.92 Å². The van der Waals surface area contributed by atoms with Crippen molar-refractivity contribution >= 4 is 11.9 Å². The minimum absolute atomic E-state index is 0.190. The third-order valence-corrected chi connectivity index (χ3v) is 3.39. The zero-order chi connectivity index (χ0) is 13.1. The van der Waals surface area contributed by atoms with Crippen LogP contribution in [-0.4, -0.2) is 24.2 Å². The van der Waals surface area contributed by atoms with E-state index in [4.69, 9.17) is 5.11 Å². The molecule has 0 spiro atoms. The Bertz CT molecular complexity index is 479. The van der Waals surface area contributed by atoms with E-state index < -0.39 is 17.9 Å². The molecule has 0 radical (unpaired) electrons. The maximum atomic E-state index is 11.4. The molecule has 1 atom stereocenters. The lowest BCUT2D eigenvalue weighted by Crippen LogP contribution is -2.27. The highest BCUT2D eigenvalue weighted by atomic mass is 16.5. The lowest BCUT2D eigenvalue weighted by atomic mass is 9.97. The lowest BCUT2D eigenvalue weighted by Gasteiger charge is -2.11. The number of esters is 1. The molecular formula is C14H16O4. The second kappa shape index (κ2) is 5.21. The van der Waals surface area contributed by atoms with Crippen LogP contribution in [0.4, 0.5) is 0 Å². The van der Waals surface area contributed by atoms with E-state index in [1.807, 2.05) is 18.2 Å². The van der Waals surface area contributed by atoms with Gasteiger partial charge in [-0.3, -0.25) is 9.59 Å². The van der Waals surface area contributed by atoms with E-state index in [0.717, 1.165) is 24.8 Å². The molecule has 4 heteroatoms. The van der Waals surface area contributed by atoms with Crippen molar-refractivity contribution in [1.82, 2.24) is 0 Å². The highest BCUT2D eigenvalue weighted by Crippen LogP contribution is 2.24. The molecule has 0 saturated carbocycles. The first-order valence-electron chi connectivity index (χ1n) is 6.03. The van der Waals surface area contributed by atoms with Crippen LogP contribution in [0.5, 0.6) is 0 Å². The number of methoxy groups -OCH3 is 1. The van der Waals surface area contributed by atoms with Crippen LogP contribution in [-0.2, 0) is 33.6 Å². The molecule has 1 aliphatic carbocycles. The predicted octanol–water partition coefficient (Wildman–Crippen LogP) is 1.59. The third kappa shape index (κ3) is 2.53. The van der Waals surface area contributed by atoms with Crippen LogP contribution < -0.4 is 0 Å². The van der Waals surface area contributed by atoms with Crippen LogP contribution in [0.2, 0.25) is 0 Å². The normalized spacial score (nSPS) is 14.9. The first-order chi connectivity index (χ1) is 8.61. The lowest BCUT2D eigenvalue weighted by molar-refractivity contribution is -0.156. The zero-order valence-electron chi connectivity index (χ0n) is 10.3. The molecule has 0 aliphatic heterocycles. The van der Waals surface area contributed by atoms with Crippen LogP contribution >= 0.6 is 0 Å². The van der Waals surface area contributed by atoms with Crippen LogP contribution in [0.25, 0.3) is 0 Å². The molecule has 2 rings (SSSR count). The summed E-state index contributed by atoms with van der Waals surface area (Å²) in [4.78, 5) is 22.4. The van der Waals surface area contributed by atoms with E-state index in [-0.39, 0.29) is 6.42 Å². The van der Waals surface area contributed by atoms with Crippen molar-refractivity contribution in [2.75, 3.05) is 7.11 Å². The minimum atomic E-state index is -1.14. The predicted molar refractivity (Wildman–Crippen MR) is 65.3 cm³/mol. The summed E-state index contributed by atoms with van der Waals surface area (Å²) in [6, 6.07) is 5.96. The van der Waals surface area contributed by atoms with Gasteiger partial charge in [-0.1, -0.05) is 18.2 Å². The van der Waals surface area contributed by atoms with Crippen LogP contribution in [0.15, 0.2) is 18.2 Å². The Morgan fingerprint density at radius 1 is 1.33 bits per heavy atom. The summed E-state index contributed by atoms with van der Waals surface area (Å²) in [5.74, 6) is -2.94. The second-order valence-corrected chi connectivity index (χ2v) is 4.57. The number of carboxylic acids is 1. The van der Waals surface area contributed by atoms with Gasteiger partial charge in [0.2, 0.25) is 0 Å². The Labute approximate surface area is 106 Å². The Morgan fingerprint density at radius 2 is 2.06 bits per heavy atom. The first-order valence-corrected chi connectivity index (χ1v) is 6.03. The molecule has 0 aromatic heterocycles. The number of hydrogen-bond acceptors (Lipinski definition) is 3. The smallest absolute Gasteiger partial charge is 0.320 e. The number of carbonyl (C=O) groups excluding carboxylic acids is 1. The average molecular weight is 248 g/mol. The summed E-state index contributed by atoms with van der Waals surface area (Å²) in [6.45, 7) is 0. The summed E-state index contributed by atoms with van der Waals surface area (Å²) >= 11 is 0. The number of fused-ring (bicyclic) bond motifs is 1.